The molecular weight excluding hydrogens is 314 g/mol. The lowest BCUT2D eigenvalue weighted by Gasteiger charge is -2.13. The molecule has 1 atom stereocenters. The van der Waals surface area contributed by atoms with Gasteiger partial charge in [0, 0.05) is 16.3 Å². The molecule has 0 aliphatic carbocycles. The van der Waals surface area contributed by atoms with Gasteiger partial charge in [-0.1, -0.05) is 29.8 Å². The van der Waals surface area contributed by atoms with E-state index in [1.165, 1.54) is 6.21 Å². The predicted molar refractivity (Wildman–Crippen MR) is 93.3 cm³/mol. The monoisotopic (exact) mass is 331 g/mol. The number of nitrogens with one attached hydrogen (secondary N) is 2. The molecule has 0 aromatic heterocycles. The molecule has 2 N–H and O–H groups in total. The van der Waals surface area contributed by atoms with E-state index in [4.69, 9.17) is 16.3 Å². The molecule has 0 saturated heterocycles. The Hall–Kier alpha value is -2.53. The first-order valence-electron chi connectivity index (χ1n) is 7.08. The van der Waals surface area contributed by atoms with Crippen molar-refractivity contribution in [1.82, 2.24) is 5.43 Å². The Bertz CT molecular complexity index is 686. The molecule has 0 bridgehead atoms. The molecule has 23 heavy (non-hydrogen) atoms. The van der Waals surface area contributed by atoms with Crippen LogP contribution in [-0.2, 0) is 4.79 Å². The second kappa shape index (κ2) is 8.19. The summed E-state index contributed by atoms with van der Waals surface area (Å²) in [6, 6.07) is 14.2. The summed E-state index contributed by atoms with van der Waals surface area (Å²) in [5.74, 6) is 0.515. The fourth-order valence-electron chi connectivity index (χ4n) is 1.84. The number of amides is 1. The molecule has 0 fully saturated rings. The van der Waals surface area contributed by atoms with E-state index in [0.29, 0.717) is 5.02 Å². The summed E-state index contributed by atoms with van der Waals surface area (Å²) >= 11 is 6.01. The van der Waals surface area contributed by atoms with E-state index in [2.05, 4.69) is 15.8 Å². The van der Waals surface area contributed by atoms with Crippen LogP contribution in [-0.4, -0.2) is 25.3 Å². The average Bonchev–Trinajstić information content (AvgIpc) is 2.57. The summed E-state index contributed by atoms with van der Waals surface area (Å²) in [4.78, 5) is 12.0. The SMILES string of the molecule is COc1ccc(N[C@H](C)C(=O)N/N=C\c2ccccc2Cl)cc1. The quantitative estimate of drug-likeness (QED) is 0.630. The van der Waals surface area contributed by atoms with Crippen molar-refractivity contribution in [3.8, 4) is 5.75 Å². The van der Waals surface area contributed by atoms with Gasteiger partial charge in [-0.25, -0.2) is 5.43 Å². The number of halogens is 1. The Morgan fingerprint density at radius 3 is 2.57 bits per heavy atom. The number of carbonyl (C=O) groups is 1. The molecule has 0 aliphatic heterocycles. The second-order valence-corrected chi connectivity index (χ2v) is 5.26. The lowest BCUT2D eigenvalue weighted by atomic mass is 10.2. The fourth-order valence-corrected chi connectivity index (χ4v) is 2.03. The van der Waals surface area contributed by atoms with Crippen molar-refractivity contribution in [3.05, 3.63) is 59.1 Å². The van der Waals surface area contributed by atoms with Crippen molar-refractivity contribution in [1.29, 1.82) is 0 Å². The molecular formula is C17H18ClN3O2. The highest BCUT2D eigenvalue weighted by Crippen LogP contribution is 2.15. The van der Waals surface area contributed by atoms with Gasteiger partial charge in [-0.3, -0.25) is 4.79 Å². The highest BCUT2D eigenvalue weighted by molar-refractivity contribution is 6.33. The first kappa shape index (κ1) is 16.8. The Labute approximate surface area is 140 Å². The van der Waals surface area contributed by atoms with E-state index in [1.807, 2.05) is 42.5 Å². The summed E-state index contributed by atoms with van der Waals surface area (Å²) in [5.41, 5.74) is 4.05. The van der Waals surface area contributed by atoms with E-state index in [1.54, 1.807) is 20.1 Å². The van der Waals surface area contributed by atoms with Crippen molar-refractivity contribution < 1.29 is 9.53 Å². The third-order valence-corrected chi connectivity index (χ3v) is 3.49. The van der Waals surface area contributed by atoms with Crippen molar-refractivity contribution in [2.75, 3.05) is 12.4 Å². The summed E-state index contributed by atoms with van der Waals surface area (Å²) in [7, 11) is 1.61. The molecule has 120 valence electrons. The topological polar surface area (TPSA) is 62.7 Å². The lowest BCUT2D eigenvalue weighted by molar-refractivity contribution is -0.121. The lowest BCUT2D eigenvalue weighted by Crippen LogP contribution is -2.34. The highest BCUT2D eigenvalue weighted by Gasteiger charge is 2.11. The largest absolute Gasteiger partial charge is 0.497 e. The van der Waals surface area contributed by atoms with Gasteiger partial charge >= 0.3 is 0 Å². The zero-order chi connectivity index (χ0) is 16.7. The number of methoxy groups -OCH3 is 1. The van der Waals surface area contributed by atoms with Crippen LogP contribution in [0.5, 0.6) is 5.75 Å². The van der Waals surface area contributed by atoms with E-state index in [-0.39, 0.29) is 5.91 Å². The van der Waals surface area contributed by atoms with Gasteiger partial charge in [-0.15, -0.1) is 0 Å². The summed E-state index contributed by atoms with van der Waals surface area (Å²) in [6.07, 6.45) is 1.51. The Kier molecular flexibility index (Phi) is 6.00. The van der Waals surface area contributed by atoms with Gasteiger partial charge in [0.1, 0.15) is 11.8 Å². The van der Waals surface area contributed by atoms with Crippen molar-refractivity contribution in [2.24, 2.45) is 5.10 Å². The summed E-state index contributed by atoms with van der Waals surface area (Å²) in [6.45, 7) is 1.75. The first-order valence-corrected chi connectivity index (χ1v) is 7.46. The van der Waals surface area contributed by atoms with Crippen LogP contribution in [0, 0.1) is 0 Å². The predicted octanol–water partition coefficient (Wildman–Crippen LogP) is 3.30. The normalized spacial score (nSPS) is 12.0. The Morgan fingerprint density at radius 2 is 1.91 bits per heavy atom. The molecule has 5 nitrogen and oxygen atoms in total. The molecule has 0 aliphatic rings. The van der Waals surface area contributed by atoms with Crippen molar-refractivity contribution in [2.45, 2.75) is 13.0 Å². The van der Waals surface area contributed by atoms with Gasteiger partial charge in [0.05, 0.1) is 13.3 Å². The first-order chi connectivity index (χ1) is 11.1. The van der Waals surface area contributed by atoms with E-state index in [0.717, 1.165) is 17.0 Å². The number of ether oxygens (including phenoxy) is 1. The van der Waals surface area contributed by atoms with Crippen LogP contribution < -0.4 is 15.5 Å². The maximum absolute atomic E-state index is 12.0. The highest BCUT2D eigenvalue weighted by atomic mass is 35.5. The molecule has 0 saturated carbocycles. The minimum Gasteiger partial charge on any atom is -0.497 e. The summed E-state index contributed by atoms with van der Waals surface area (Å²) < 4.78 is 5.09. The van der Waals surface area contributed by atoms with Gasteiger partial charge in [0.25, 0.3) is 5.91 Å². The molecule has 0 heterocycles. The number of carbonyl (C=O) groups excluding carboxylic acids is 1. The zero-order valence-corrected chi connectivity index (χ0v) is 13.7. The smallest absolute Gasteiger partial charge is 0.262 e. The zero-order valence-electron chi connectivity index (χ0n) is 12.9. The van der Waals surface area contributed by atoms with Crippen LogP contribution in [0.3, 0.4) is 0 Å². The number of anilines is 1. The maximum Gasteiger partial charge on any atom is 0.262 e. The van der Waals surface area contributed by atoms with Crippen LogP contribution in [0.2, 0.25) is 5.02 Å². The molecule has 0 radical (unpaired) electrons. The average molecular weight is 332 g/mol. The standard InChI is InChI=1S/C17H18ClN3O2/c1-12(20-14-7-9-15(23-2)10-8-14)17(22)21-19-11-13-5-3-4-6-16(13)18/h3-12,20H,1-2H3,(H,21,22)/b19-11-/t12-/m1/s1. The molecule has 1 amide bonds. The fraction of sp³-hybridized carbons (Fsp3) is 0.176. The number of hydrazone groups is 1. The molecule has 0 unspecified atom stereocenters. The van der Waals surface area contributed by atoms with Gasteiger partial charge in [-0.05, 0) is 37.3 Å². The number of hydrogen-bond acceptors (Lipinski definition) is 4. The Balaban J connectivity index is 1.88. The van der Waals surface area contributed by atoms with Crippen molar-refractivity contribution in [3.63, 3.8) is 0 Å². The number of rotatable bonds is 6. The second-order valence-electron chi connectivity index (χ2n) is 4.85. The molecule has 0 spiro atoms. The van der Waals surface area contributed by atoms with Gasteiger partial charge in [0.15, 0.2) is 0 Å². The number of hydrogen-bond donors (Lipinski definition) is 2. The minimum atomic E-state index is -0.438. The van der Waals surface area contributed by atoms with Crippen LogP contribution in [0.4, 0.5) is 5.69 Å². The maximum atomic E-state index is 12.0. The number of nitrogens with zero attached hydrogens (tertiary/aromatic N) is 1. The third-order valence-electron chi connectivity index (χ3n) is 3.15. The van der Waals surface area contributed by atoms with Crippen LogP contribution >= 0.6 is 11.6 Å². The molecule has 2 rings (SSSR count). The number of benzene rings is 2. The summed E-state index contributed by atoms with van der Waals surface area (Å²) in [5, 5.41) is 7.59. The van der Waals surface area contributed by atoms with Crippen LogP contribution in [0.25, 0.3) is 0 Å². The molecule has 2 aromatic rings. The van der Waals surface area contributed by atoms with Crippen molar-refractivity contribution >= 4 is 29.4 Å². The van der Waals surface area contributed by atoms with Gasteiger partial charge in [0.2, 0.25) is 0 Å². The third kappa shape index (κ3) is 5.00. The minimum absolute atomic E-state index is 0.246. The van der Waals surface area contributed by atoms with E-state index in [9.17, 15) is 4.79 Å². The van der Waals surface area contributed by atoms with E-state index < -0.39 is 6.04 Å². The van der Waals surface area contributed by atoms with E-state index >= 15 is 0 Å². The van der Waals surface area contributed by atoms with Gasteiger partial charge in [-0.2, -0.15) is 5.10 Å². The van der Waals surface area contributed by atoms with Crippen LogP contribution in [0.15, 0.2) is 53.6 Å². The molecule has 6 heteroatoms. The Morgan fingerprint density at radius 1 is 1.22 bits per heavy atom. The van der Waals surface area contributed by atoms with Gasteiger partial charge < -0.3 is 10.1 Å². The molecule has 2 aromatic carbocycles. The van der Waals surface area contributed by atoms with Crippen LogP contribution in [0.1, 0.15) is 12.5 Å².